The Morgan fingerprint density at radius 3 is 3.00 bits per heavy atom. The maximum atomic E-state index is 8.69. The molecule has 1 aromatic heterocycles. The van der Waals surface area contributed by atoms with Gasteiger partial charge in [0, 0.05) is 11.9 Å². The molecule has 1 heterocycles. The summed E-state index contributed by atoms with van der Waals surface area (Å²) in [4.78, 5) is 4.13. The number of nitrogens with one attached hydrogen (secondary N) is 1. The number of aliphatic hydroxyl groups excluding tert-OH is 1. The van der Waals surface area contributed by atoms with Crippen LogP contribution in [0.5, 0.6) is 0 Å². The molecular formula is C9H13N3OS. The summed E-state index contributed by atoms with van der Waals surface area (Å²) in [6.07, 6.45) is 1.68. The van der Waals surface area contributed by atoms with E-state index in [0.29, 0.717) is 16.3 Å². The maximum Gasteiger partial charge on any atom is 0.125 e. The molecule has 0 saturated heterocycles. The number of rotatable bonds is 4. The van der Waals surface area contributed by atoms with Crippen LogP contribution in [-0.2, 0) is 0 Å². The average molecular weight is 211 g/mol. The number of hydrogen-bond acceptors (Lipinski definition) is 4. The molecule has 0 aliphatic heterocycles. The first-order chi connectivity index (χ1) is 6.66. The van der Waals surface area contributed by atoms with Gasteiger partial charge in [0.2, 0.25) is 0 Å². The molecule has 1 aromatic rings. The summed E-state index contributed by atoms with van der Waals surface area (Å²) < 4.78 is 0. The minimum absolute atomic E-state index is 0.0241. The molecule has 0 aromatic carbocycles. The molecule has 0 spiro atoms. The molecule has 1 rings (SSSR count). The Morgan fingerprint density at radius 1 is 1.71 bits per heavy atom. The molecule has 76 valence electrons. The van der Waals surface area contributed by atoms with Crippen LogP contribution in [0.1, 0.15) is 11.1 Å². The van der Waals surface area contributed by atoms with E-state index < -0.39 is 0 Å². The largest absolute Gasteiger partial charge is 0.396 e. The Morgan fingerprint density at radius 2 is 2.43 bits per heavy atom. The van der Waals surface area contributed by atoms with Gasteiger partial charge in [0.15, 0.2) is 0 Å². The van der Waals surface area contributed by atoms with Gasteiger partial charge in [-0.25, -0.2) is 4.98 Å². The van der Waals surface area contributed by atoms with Crippen LogP contribution in [0, 0.1) is 12.3 Å². The van der Waals surface area contributed by atoms with Gasteiger partial charge in [0.1, 0.15) is 10.9 Å². The van der Waals surface area contributed by atoms with Crippen molar-refractivity contribution in [2.45, 2.75) is 11.9 Å². The Kier molecular flexibility index (Phi) is 3.91. The van der Waals surface area contributed by atoms with Crippen molar-refractivity contribution in [3.05, 3.63) is 23.4 Å². The van der Waals surface area contributed by atoms with Gasteiger partial charge in [-0.1, -0.05) is 0 Å². The number of amidine groups is 1. The number of thioether (sulfide) groups is 1. The lowest BCUT2D eigenvalue weighted by Gasteiger charge is -2.08. The third-order valence-electron chi connectivity index (χ3n) is 1.72. The highest BCUT2D eigenvalue weighted by Crippen LogP contribution is 2.21. The molecule has 0 amide bonds. The number of hydrogen-bond donors (Lipinski definition) is 3. The monoisotopic (exact) mass is 211 g/mol. The van der Waals surface area contributed by atoms with Gasteiger partial charge in [-0.15, -0.1) is 11.8 Å². The molecule has 0 saturated carbocycles. The van der Waals surface area contributed by atoms with Crippen molar-refractivity contribution in [3.63, 3.8) is 0 Å². The van der Waals surface area contributed by atoms with Crippen LogP contribution in [0.2, 0.25) is 0 Å². The van der Waals surface area contributed by atoms with E-state index in [1.54, 1.807) is 6.20 Å². The summed E-state index contributed by atoms with van der Waals surface area (Å²) in [6.45, 7) is 1.99. The number of nitrogens with zero attached hydrogens (tertiary/aromatic N) is 1. The fourth-order valence-electron chi connectivity index (χ4n) is 1.11. The second-order valence-corrected chi connectivity index (χ2v) is 3.88. The smallest absolute Gasteiger partial charge is 0.125 e. The normalized spacial score (nSPS) is 10.1. The van der Waals surface area contributed by atoms with E-state index in [-0.39, 0.29) is 12.4 Å². The molecule has 5 heteroatoms. The number of pyridine rings is 1. The fraction of sp³-hybridized carbons (Fsp3) is 0.333. The van der Waals surface area contributed by atoms with Gasteiger partial charge >= 0.3 is 0 Å². The first kappa shape index (κ1) is 11.0. The van der Waals surface area contributed by atoms with Crippen molar-refractivity contribution in [2.24, 2.45) is 5.73 Å². The molecule has 0 bridgehead atoms. The van der Waals surface area contributed by atoms with Crippen LogP contribution in [0.15, 0.2) is 17.3 Å². The second-order valence-electron chi connectivity index (χ2n) is 2.79. The standard InChI is InChI=1S/C9H13N3OS/c1-6-2-3-12-9(14-5-4-13)7(6)8(10)11/h2-3,13H,4-5H2,1H3,(H3,10,11). The van der Waals surface area contributed by atoms with E-state index >= 15 is 0 Å². The Hall–Kier alpha value is -1.07. The average Bonchev–Trinajstić information content (AvgIpc) is 2.14. The van der Waals surface area contributed by atoms with Crippen molar-refractivity contribution in [1.82, 2.24) is 4.98 Å². The minimum atomic E-state index is 0.0241. The SMILES string of the molecule is Cc1ccnc(SCCO)c1C(=N)N. The summed E-state index contributed by atoms with van der Waals surface area (Å²) in [5, 5.41) is 16.8. The quantitative estimate of drug-likeness (QED) is 0.390. The molecule has 0 fully saturated rings. The molecule has 14 heavy (non-hydrogen) atoms. The predicted molar refractivity (Wildman–Crippen MR) is 57.8 cm³/mol. The maximum absolute atomic E-state index is 8.69. The highest BCUT2D eigenvalue weighted by molar-refractivity contribution is 7.99. The summed E-state index contributed by atoms with van der Waals surface area (Å²) in [5.74, 6) is 0.590. The van der Waals surface area contributed by atoms with E-state index in [0.717, 1.165) is 5.56 Å². The lowest BCUT2D eigenvalue weighted by Crippen LogP contribution is -2.15. The lowest BCUT2D eigenvalue weighted by molar-refractivity contribution is 0.322. The first-order valence-corrected chi connectivity index (χ1v) is 5.19. The van der Waals surface area contributed by atoms with Crippen LogP contribution >= 0.6 is 11.8 Å². The Labute approximate surface area is 87.1 Å². The number of aliphatic hydroxyl groups is 1. The molecule has 0 atom stereocenters. The zero-order valence-electron chi connectivity index (χ0n) is 7.95. The van der Waals surface area contributed by atoms with Crippen molar-refractivity contribution < 1.29 is 5.11 Å². The minimum Gasteiger partial charge on any atom is -0.396 e. The first-order valence-electron chi connectivity index (χ1n) is 4.20. The number of aryl methyl sites for hydroxylation is 1. The Bertz CT molecular complexity index is 341. The zero-order chi connectivity index (χ0) is 10.6. The van der Waals surface area contributed by atoms with Crippen molar-refractivity contribution in [1.29, 1.82) is 5.41 Å². The van der Waals surface area contributed by atoms with Gasteiger partial charge in [-0.05, 0) is 18.6 Å². The molecule has 0 aliphatic rings. The summed E-state index contributed by atoms with van der Waals surface area (Å²) in [5.41, 5.74) is 7.06. The number of aromatic nitrogens is 1. The third-order valence-corrected chi connectivity index (χ3v) is 2.69. The van der Waals surface area contributed by atoms with Gasteiger partial charge in [0.05, 0.1) is 12.2 Å². The lowest BCUT2D eigenvalue weighted by atomic mass is 10.1. The number of nitrogens with two attached hydrogens (primary N) is 1. The van der Waals surface area contributed by atoms with E-state index in [9.17, 15) is 0 Å². The van der Waals surface area contributed by atoms with Crippen molar-refractivity contribution in [2.75, 3.05) is 12.4 Å². The van der Waals surface area contributed by atoms with E-state index in [1.807, 2.05) is 13.0 Å². The van der Waals surface area contributed by atoms with Gasteiger partial charge in [0.25, 0.3) is 0 Å². The zero-order valence-corrected chi connectivity index (χ0v) is 8.77. The van der Waals surface area contributed by atoms with Crippen molar-refractivity contribution >= 4 is 17.6 Å². The predicted octanol–water partition coefficient (Wildman–Crippen LogP) is 0.758. The van der Waals surface area contributed by atoms with Crippen LogP contribution in [0.4, 0.5) is 0 Å². The molecule has 0 radical (unpaired) electrons. The summed E-state index contributed by atoms with van der Waals surface area (Å²) in [7, 11) is 0. The molecule has 4 nitrogen and oxygen atoms in total. The topological polar surface area (TPSA) is 83.0 Å². The van der Waals surface area contributed by atoms with E-state index in [4.69, 9.17) is 16.2 Å². The fourth-order valence-corrected chi connectivity index (χ4v) is 1.95. The number of nitrogen functional groups attached to an aromatic ring is 1. The summed E-state index contributed by atoms with van der Waals surface area (Å²) in [6, 6.07) is 1.82. The van der Waals surface area contributed by atoms with Gasteiger partial charge < -0.3 is 10.8 Å². The summed E-state index contributed by atoms with van der Waals surface area (Å²) >= 11 is 1.41. The van der Waals surface area contributed by atoms with Crippen LogP contribution in [-0.4, -0.2) is 28.3 Å². The molecule has 0 unspecified atom stereocenters. The highest BCUT2D eigenvalue weighted by Gasteiger charge is 2.09. The Balaban J connectivity index is 3.02. The van der Waals surface area contributed by atoms with Crippen molar-refractivity contribution in [3.8, 4) is 0 Å². The second kappa shape index (κ2) is 4.97. The van der Waals surface area contributed by atoms with E-state index in [1.165, 1.54) is 11.8 Å². The molecule has 4 N–H and O–H groups in total. The van der Waals surface area contributed by atoms with Gasteiger partial charge in [-0.2, -0.15) is 0 Å². The van der Waals surface area contributed by atoms with Gasteiger partial charge in [-0.3, -0.25) is 5.41 Å². The highest BCUT2D eigenvalue weighted by atomic mass is 32.2. The van der Waals surface area contributed by atoms with E-state index in [2.05, 4.69) is 4.98 Å². The van der Waals surface area contributed by atoms with Crippen LogP contribution < -0.4 is 5.73 Å². The third kappa shape index (κ3) is 2.46. The van der Waals surface area contributed by atoms with Crippen LogP contribution in [0.3, 0.4) is 0 Å². The molecule has 0 aliphatic carbocycles. The molecular weight excluding hydrogens is 198 g/mol. The van der Waals surface area contributed by atoms with Crippen LogP contribution in [0.25, 0.3) is 0 Å².